The van der Waals surface area contributed by atoms with Gasteiger partial charge in [-0.05, 0) is 67.4 Å². The Balaban J connectivity index is 1.27. The lowest BCUT2D eigenvalue weighted by atomic mass is 10.1. The third kappa shape index (κ3) is 5.37. The summed E-state index contributed by atoms with van der Waals surface area (Å²) in [6.45, 7) is 0. The molecule has 0 atom stereocenters. The van der Waals surface area contributed by atoms with Crippen molar-refractivity contribution < 1.29 is 18.0 Å². The summed E-state index contributed by atoms with van der Waals surface area (Å²) in [7, 11) is -2.33. The number of nitrogens with zero attached hydrogens (tertiary/aromatic N) is 1. The minimum absolute atomic E-state index is 0.0667. The fraction of sp³-hybridized carbons (Fsp3) is 0.160. The molecule has 1 heterocycles. The predicted molar refractivity (Wildman–Crippen MR) is 138 cm³/mol. The lowest BCUT2D eigenvalue weighted by Crippen LogP contribution is -2.26. The number of aromatic nitrogens is 2. The maximum Gasteiger partial charge on any atom is 0.298 e. The lowest BCUT2D eigenvalue weighted by molar-refractivity contribution is 0.0950. The number of amides is 2. The van der Waals surface area contributed by atoms with Gasteiger partial charge in [-0.2, -0.15) is 8.42 Å². The molecule has 1 aliphatic rings. The summed E-state index contributed by atoms with van der Waals surface area (Å²) < 4.78 is 27.7. The molecule has 1 fully saturated rings. The van der Waals surface area contributed by atoms with E-state index < -0.39 is 10.2 Å². The quantitative estimate of drug-likeness (QED) is 0.250. The van der Waals surface area contributed by atoms with Crippen molar-refractivity contribution in [2.24, 2.45) is 0 Å². The Hall–Kier alpha value is -4.22. The van der Waals surface area contributed by atoms with Gasteiger partial charge in [0.2, 0.25) is 0 Å². The Labute approximate surface area is 207 Å². The second-order valence-electron chi connectivity index (χ2n) is 8.48. The van der Waals surface area contributed by atoms with Gasteiger partial charge in [0, 0.05) is 41.2 Å². The summed E-state index contributed by atoms with van der Waals surface area (Å²) in [6, 6.07) is 19.0. The molecule has 1 aromatic heterocycles. The topological polar surface area (TPSA) is 145 Å². The highest BCUT2D eigenvalue weighted by Crippen LogP contribution is 2.24. The second-order valence-corrected chi connectivity index (χ2v) is 10.1. The molecule has 4 aromatic rings. The van der Waals surface area contributed by atoms with Crippen LogP contribution < -0.4 is 20.1 Å². The summed E-state index contributed by atoms with van der Waals surface area (Å²) >= 11 is 0. The number of nitrogens with one attached hydrogen (secondary N) is 5. The van der Waals surface area contributed by atoms with E-state index in [0.717, 1.165) is 23.9 Å². The average Bonchev–Trinajstić information content (AvgIpc) is 3.59. The van der Waals surface area contributed by atoms with Crippen LogP contribution in [0.2, 0.25) is 0 Å². The molecule has 3 aromatic carbocycles. The number of benzene rings is 3. The fourth-order valence-corrected chi connectivity index (χ4v) is 4.14. The standard InChI is InChI=1S/C25H24N6O4S/c1-26-36(34,35)31-19-8-6-17(7-9-19)25(33)28-20-12-13-21-22(14-20)30-23(29-21)15-2-4-16(5-3-15)24(32)27-18-10-11-18/h2-9,12-14,18,26,31H,10-11H2,1H3,(H,27,32)(H,28,33)(H,29,30). The summed E-state index contributed by atoms with van der Waals surface area (Å²) in [6.07, 6.45) is 2.08. The van der Waals surface area contributed by atoms with Gasteiger partial charge >= 0.3 is 0 Å². The molecular weight excluding hydrogens is 480 g/mol. The number of aromatic amines is 1. The van der Waals surface area contributed by atoms with Crippen molar-refractivity contribution in [3.8, 4) is 11.4 Å². The van der Waals surface area contributed by atoms with Crippen molar-refractivity contribution in [2.75, 3.05) is 17.1 Å². The van der Waals surface area contributed by atoms with Gasteiger partial charge in [-0.1, -0.05) is 12.1 Å². The molecular formula is C25H24N6O4S. The van der Waals surface area contributed by atoms with Crippen molar-refractivity contribution in [2.45, 2.75) is 18.9 Å². The normalized spacial score (nSPS) is 13.4. The van der Waals surface area contributed by atoms with Crippen molar-refractivity contribution in [3.63, 3.8) is 0 Å². The van der Waals surface area contributed by atoms with Crippen LogP contribution in [0.3, 0.4) is 0 Å². The zero-order valence-electron chi connectivity index (χ0n) is 19.3. The van der Waals surface area contributed by atoms with E-state index >= 15 is 0 Å². The van der Waals surface area contributed by atoms with E-state index in [0.29, 0.717) is 39.9 Å². The zero-order valence-corrected chi connectivity index (χ0v) is 20.1. The third-order valence-electron chi connectivity index (χ3n) is 5.74. The van der Waals surface area contributed by atoms with E-state index in [9.17, 15) is 18.0 Å². The number of carbonyl (C=O) groups excluding carboxylic acids is 2. The maximum atomic E-state index is 12.7. The van der Waals surface area contributed by atoms with Crippen molar-refractivity contribution in [3.05, 3.63) is 77.9 Å². The lowest BCUT2D eigenvalue weighted by Gasteiger charge is -2.08. The largest absolute Gasteiger partial charge is 0.349 e. The molecule has 0 aliphatic heterocycles. The summed E-state index contributed by atoms with van der Waals surface area (Å²) in [5.74, 6) is 0.248. The third-order valence-corrected chi connectivity index (χ3v) is 6.78. The summed E-state index contributed by atoms with van der Waals surface area (Å²) in [4.78, 5) is 32.8. The first-order chi connectivity index (χ1) is 17.3. The number of hydrogen-bond donors (Lipinski definition) is 5. The first kappa shape index (κ1) is 23.5. The van der Waals surface area contributed by atoms with Crippen LogP contribution >= 0.6 is 0 Å². The minimum Gasteiger partial charge on any atom is -0.349 e. The van der Waals surface area contributed by atoms with Gasteiger partial charge in [0.25, 0.3) is 22.0 Å². The molecule has 1 saturated carbocycles. The Bertz CT molecular complexity index is 1540. The maximum absolute atomic E-state index is 12.7. The molecule has 0 unspecified atom stereocenters. The Morgan fingerprint density at radius 1 is 0.889 bits per heavy atom. The molecule has 5 N–H and O–H groups in total. The van der Waals surface area contributed by atoms with Crippen LogP contribution in [0.15, 0.2) is 66.7 Å². The number of anilines is 2. The molecule has 2 amide bonds. The molecule has 0 spiro atoms. The fourth-order valence-electron chi connectivity index (χ4n) is 3.60. The van der Waals surface area contributed by atoms with Crippen LogP contribution in [0.5, 0.6) is 0 Å². The smallest absolute Gasteiger partial charge is 0.298 e. The van der Waals surface area contributed by atoms with Crippen LogP contribution in [0.25, 0.3) is 22.4 Å². The molecule has 11 heteroatoms. The number of imidazole rings is 1. The van der Waals surface area contributed by atoms with E-state index in [1.165, 1.54) is 31.3 Å². The molecule has 0 radical (unpaired) electrons. The molecule has 5 rings (SSSR count). The number of fused-ring (bicyclic) bond motifs is 1. The van der Waals surface area contributed by atoms with E-state index in [-0.39, 0.29) is 11.8 Å². The highest BCUT2D eigenvalue weighted by Gasteiger charge is 2.23. The predicted octanol–water partition coefficient (Wildman–Crippen LogP) is 3.25. The molecule has 0 bridgehead atoms. The SMILES string of the molecule is CNS(=O)(=O)Nc1ccc(C(=O)Nc2ccc3[nH]c(-c4ccc(C(=O)NC5CC5)cc4)nc3c2)cc1. The highest BCUT2D eigenvalue weighted by molar-refractivity contribution is 7.90. The van der Waals surface area contributed by atoms with Gasteiger partial charge in [0.05, 0.1) is 11.0 Å². The number of H-pyrrole nitrogens is 1. The minimum atomic E-state index is -3.63. The Kier molecular flexibility index (Phi) is 6.17. The van der Waals surface area contributed by atoms with Crippen molar-refractivity contribution in [1.82, 2.24) is 20.0 Å². The van der Waals surface area contributed by atoms with E-state index in [4.69, 9.17) is 0 Å². The van der Waals surface area contributed by atoms with Crippen LogP contribution in [0.4, 0.5) is 11.4 Å². The first-order valence-corrected chi connectivity index (χ1v) is 12.8. The number of rotatable bonds is 8. The van der Waals surface area contributed by atoms with Crippen molar-refractivity contribution in [1.29, 1.82) is 0 Å². The molecule has 36 heavy (non-hydrogen) atoms. The average molecular weight is 505 g/mol. The van der Waals surface area contributed by atoms with Crippen LogP contribution in [0.1, 0.15) is 33.6 Å². The van der Waals surface area contributed by atoms with Gasteiger partial charge in [0.1, 0.15) is 5.82 Å². The molecule has 184 valence electrons. The molecule has 10 nitrogen and oxygen atoms in total. The van der Waals surface area contributed by atoms with Gasteiger partial charge in [-0.3, -0.25) is 14.3 Å². The van der Waals surface area contributed by atoms with Crippen molar-refractivity contribution >= 4 is 44.4 Å². The first-order valence-electron chi connectivity index (χ1n) is 11.3. The van der Waals surface area contributed by atoms with Gasteiger partial charge in [0.15, 0.2) is 0 Å². The number of hydrogen-bond acceptors (Lipinski definition) is 5. The van der Waals surface area contributed by atoms with Crippen LogP contribution in [0, 0.1) is 0 Å². The van der Waals surface area contributed by atoms with E-state index in [1.54, 1.807) is 24.3 Å². The van der Waals surface area contributed by atoms with E-state index in [2.05, 4.69) is 30.0 Å². The second kappa shape index (κ2) is 9.44. The monoisotopic (exact) mass is 504 g/mol. The Morgan fingerprint density at radius 2 is 1.53 bits per heavy atom. The number of carbonyl (C=O) groups is 2. The summed E-state index contributed by atoms with van der Waals surface area (Å²) in [5.41, 5.74) is 4.21. The van der Waals surface area contributed by atoms with Crippen LogP contribution in [-0.4, -0.2) is 43.3 Å². The van der Waals surface area contributed by atoms with Gasteiger partial charge < -0.3 is 15.6 Å². The van der Waals surface area contributed by atoms with Crippen LogP contribution in [-0.2, 0) is 10.2 Å². The summed E-state index contributed by atoms with van der Waals surface area (Å²) in [5, 5.41) is 5.80. The molecule has 0 saturated heterocycles. The zero-order chi connectivity index (χ0) is 25.3. The highest BCUT2D eigenvalue weighted by atomic mass is 32.2. The molecule has 1 aliphatic carbocycles. The van der Waals surface area contributed by atoms with Gasteiger partial charge in [-0.15, -0.1) is 0 Å². The van der Waals surface area contributed by atoms with E-state index in [1.807, 2.05) is 18.2 Å². The Morgan fingerprint density at radius 3 is 2.19 bits per heavy atom. The van der Waals surface area contributed by atoms with Gasteiger partial charge in [-0.25, -0.2) is 9.71 Å².